The minimum Gasteiger partial charge on any atom is -0.507 e. The molecular weight excluding hydrogens is 387 g/mol. The zero-order chi connectivity index (χ0) is 13.4. The third-order valence-electron chi connectivity index (χ3n) is 4.33. The Morgan fingerprint density at radius 2 is 2.15 bits per heavy atom. The van der Waals surface area contributed by atoms with E-state index in [4.69, 9.17) is 0 Å². The highest BCUT2D eigenvalue weighted by Crippen LogP contribution is 2.44. The first-order chi connectivity index (χ1) is 9.16. The summed E-state index contributed by atoms with van der Waals surface area (Å²) >= 11 is 2.21. The number of nitrogens with zero attached hydrogens (tertiary/aromatic N) is 2. The molecule has 1 heterocycles. The molecule has 0 spiro atoms. The highest BCUT2D eigenvalue weighted by molar-refractivity contribution is 14.1. The number of para-hydroxylation sites is 1. The van der Waals surface area contributed by atoms with Crippen molar-refractivity contribution >= 4 is 41.3 Å². The van der Waals surface area contributed by atoms with Gasteiger partial charge in [0, 0.05) is 24.1 Å². The van der Waals surface area contributed by atoms with Crippen molar-refractivity contribution in [3.05, 3.63) is 27.3 Å². The second kappa shape index (κ2) is 6.52. The largest absolute Gasteiger partial charge is 0.507 e. The summed E-state index contributed by atoms with van der Waals surface area (Å²) in [4.78, 5) is 6.71. The first-order valence-electron chi connectivity index (χ1n) is 6.90. The number of hydrogen-bond acceptors (Lipinski definition) is 3. The number of hydrogen-bond donors (Lipinski definition) is 1. The van der Waals surface area contributed by atoms with Crippen LogP contribution in [0.5, 0.6) is 5.75 Å². The molecule has 1 N–H and O–H groups in total. The molecule has 1 aliphatic carbocycles. The van der Waals surface area contributed by atoms with Crippen LogP contribution in [0.3, 0.4) is 0 Å². The first kappa shape index (κ1) is 15.9. The van der Waals surface area contributed by atoms with E-state index in [0.717, 1.165) is 28.6 Å². The fourth-order valence-corrected chi connectivity index (χ4v) is 3.96. The van der Waals surface area contributed by atoms with Gasteiger partial charge in [0.15, 0.2) is 0 Å². The van der Waals surface area contributed by atoms with E-state index in [9.17, 15) is 5.11 Å². The summed E-state index contributed by atoms with van der Waals surface area (Å²) < 4.78 is 0.948. The average molecular weight is 407 g/mol. The molecule has 3 nitrogen and oxygen atoms in total. The van der Waals surface area contributed by atoms with Gasteiger partial charge in [0.2, 0.25) is 0 Å². The Labute approximate surface area is 140 Å². The molecule has 1 aromatic carbocycles. The number of halogens is 2. The van der Waals surface area contributed by atoms with Crippen molar-refractivity contribution < 1.29 is 5.11 Å². The normalized spacial score (nSPS) is 28.7. The Morgan fingerprint density at radius 1 is 1.35 bits per heavy atom. The van der Waals surface area contributed by atoms with Crippen LogP contribution in [-0.2, 0) is 0 Å². The highest BCUT2D eigenvalue weighted by Gasteiger charge is 2.38. The van der Waals surface area contributed by atoms with Gasteiger partial charge in [-0.3, -0.25) is 4.99 Å². The number of rotatable bonds is 2. The topological polar surface area (TPSA) is 35.8 Å². The fraction of sp³-hybridized carbons (Fsp3) is 0.533. The lowest BCUT2D eigenvalue weighted by Crippen LogP contribution is -2.34. The maximum absolute atomic E-state index is 10.3. The van der Waals surface area contributed by atoms with Crippen LogP contribution in [0.2, 0.25) is 0 Å². The first-order valence-corrected chi connectivity index (χ1v) is 7.97. The number of phenolic OH excluding ortho intramolecular Hbond substituents is 1. The van der Waals surface area contributed by atoms with E-state index in [1.165, 1.54) is 6.42 Å². The van der Waals surface area contributed by atoms with E-state index in [-0.39, 0.29) is 12.4 Å². The van der Waals surface area contributed by atoms with Gasteiger partial charge in [-0.1, -0.05) is 19.1 Å². The smallest absolute Gasteiger partial charge is 0.132 e. The molecule has 1 aliphatic heterocycles. The van der Waals surface area contributed by atoms with E-state index in [1.54, 1.807) is 0 Å². The summed E-state index contributed by atoms with van der Waals surface area (Å²) in [6.45, 7) is 4.25. The summed E-state index contributed by atoms with van der Waals surface area (Å²) in [5, 5.41) is 10.3. The molecule has 3 rings (SSSR count). The Bertz CT molecular complexity index is 509. The van der Waals surface area contributed by atoms with Crippen molar-refractivity contribution in [1.29, 1.82) is 0 Å². The Morgan fingerprint density at radius 3 is 2.85 bits per heavy atom. The van der Waals surface area contributed by atoms with E-state index < -0.39 is 0 Å². The van der Waals surface area contributed by atoms with Gasteiger partial charge in [0.25, 0.3) is 0 Å². The molecule has 0 radical (unpaired) electrons. The zero-order valence-electron chi connectivity index (χ0n) is 11.5. The van der Waals surface area contributed by atoms with Crippen LogP contribution in [0.25, 0.3) is 0 Å². The third kappa shape index (κ3) is 2.91. The van der Waals surface area contributed by atoms with Gasteiger partial charge in [-0.25, -0.2) is 0 Å². The monoisotopic (exact) mass is 406 g/mol. The highest BCUT2D eigenvalue weighted by atomic mass is 127. The summed E-state index contributed by atoms with van der Waals surface area (Å²) in [7, 11) is 0. The summed E-state index contributed by atoms with van der Waals surface area (Å²) in [5.41, 5.74) is 1.11. The molecule has 5 heteroatoms. The molecule has 1 saturated carbocycles. The molecule has 110 valence electrons. The molecular formula is C15H20ClIN2O. The predicted octanol–water partition coefficient (Wildman–Crippen LogP) is 3.64. The van der Waals surface area contributed by atoms with Gasteiger partial charge in [-0.05, 0) is 47.4 Å². The maximum atomic E-state index is 10.3. The Kier molecular flexibility index (Phi) is 5.18. The molecule has 0 aromatic heterocycles. The molecule has 3 unspecified atom stereocenters. The van der Waals surface area contributed by atoms with Crippen molar-refractivity contribution in [2.45, 2.75) is 31.7 Å². The Hall–Kier alpha value is -0.490. The summed E-state index contributed by atoms with van der Waals surface area (Å²) in [6, 6.07) is 6.59. The third-order valence-corrected chi connectivity index (χ3v) is 5.20. The van der Waals surface area contributed by atoms with E-state index in [0.29, 0.717) is 23.6 Å². The molecule has 20 heavy (non-hydrogen) atoms. The number of aliphatic imine (C=N–C) groups is 1. The zero-order valence-corrected chi connectivity index (χ0v) is 14.5. The van der Waals surface area contributed by atoms with Gasteiger partial charge in [-0.2, -0.15) is 0 Å². The fourth-order valence-electron chi connectivity index (χ4n) is 3.44. The van der Waals surface area contributed by atoms with Crippen LogP contribution in [-0.4, -0.2) is 35.5 Å². The second-order valence-corrected chi connectivity index (χ2v) is 6.85. The van der Waals surface area contributed by atoms with E-state index in [2.05, 4.69) is 51.5 Å². The van der Waals surface area contributed by atoms with Crippen molar-refractivity contribution in [3.8, 4) is 5.75 Å². The van der Waals surface area contributed by atoms with E-state index in [1.807, 2.05) is 12.4 Å². The van der Waals surface area contributed by atoms with Gasteiger partial charge >= 0.3 is 0 Å². The molecule has 0 saturated heterocycles. The van der Waals surface area contributed by atoms with Crippen molar-refractivity contribution in [3.63, 3.8) is 0 Å². The SMILES string of the molecule is CC1CC(c2cccc(I)c2O)C(N2C=NCC2)C1.Cl. The van der Waals surface area contributed by atoms with Crippen LogP contribution in [0, 0.1) is 9.49 Å². The molecule has 1 aromatic rings. The van der Waals surface area contributed by atoms with Crippen molar-refractivity contribution in [1.82, 2.24) is 4.90 Å². The second-order valence-electron chi connectivity index (χ2n) is 5.69. The lowest BCUT2D eigenvalue weighted by Gasteiger charge is -2.29. The van der Waals surface area contributed by atoms with E-state index >= 15 is 0 Å². The van der Waals surface area contributed by atoms with Crippen molar-refractivity contribution in [2.24, 2.45) is 10.9 Å². The van der Waals surface area contributed by atoms with Crippen LogP contribution in [0.4, 0.5) is 0 Å². The molecule has 1 fully saturated rings. The maximum Gasteiger partial charge on any atom is 0.132 e. The molecule has 0 bridgehead atoms. The van der Waals surface area contributed by atoms with Gasteiger partial charge in [-0.15, -0.1) is 12.4 Å². The van der Waals surface area contributed by atoms with Crippen molar-refractivity contribution in [2.75, 3.05) is 13.1 Å². The summed E-state index contributed by atoms with van der Waals surface area (Å²) in [6.07, 6.45) is 4.35. The van der Waals surface area contributed by atoms with Crippen LogP contribution < -0.4 is 0 Å². The van der Waals surface area contributed by atoms with Gasteiger partial charge in [0.1, 0.15) is 5.75 Å². The van der Waals surface area contributed by atoms with Crippen LogP contribution in [0.1, 0.15) is 31.2 Å². The number of phenols is 1. The Balaban J connectivity index is 0.00000147. The standard InChI is InChI=1S/C15H19IN2O.ClH/c1-10-7-12(11-3-2-4-13(16)15(11)19)14(8-10)18-6-5-17-9-18;/h2-4,9-10,12,14,19H,5-8H2,1H3;1H. The lowest BCUT2D eigenvalue weighted by molar-refractivity contribution is 0.314. The quantitative estimate of drug-likeness (QED) is 0.761. The van der Waals surface area contributed by atoms with Crippen LogP contribution >= 0.6 is 35.0 Å². The van der Waals surface area contributed by atoms with Gasteiger partial charge < -0.3 is 10.0 Å². The molecule has 2 aliphatic rings. The number of aromatic hydroxyl groups is 1. The molecule has 3 atom stereocenters. The summed E-state index contributed by atoms with van der Waals surface area (Å²) in [5.74, 6) is 1.61. The minimum absolute atomic E-state index is 0. The number of benzene rings is 1. The average Bonchev–Trinajstić information content (AvgIpc) is 3.01. The predicted molar refractivity (Wildman–Crippen MR) is 93.1 cm³/mol. The van der Waals surface area contributed by atoms with Gasteiger partial charge in [0.05, 0.1) is 16.5 Å². The minimum atomic E-state index is 0. The van der Waals surface area contributed by atoms with Crippen LogP contribution in [0.15, 0.2) is 23.2 Å². The lowest BCUT2D eigenvalue weighted by atomic mass is 9.92. The molecule has 0 amide bonds.